The van der Waals surface area contributed by atoms with Gasteiger partial charge in [0.15, 0.2) is 0 Å². The zero-order valence-electron chi connectivity index (χ0n) is 17.1. The highest BCUT2D eigenvalue weighted by atomic mass is 35.5. The fourth-order valence-electron chi connectivity index (χ4n) is 2.92. The van der Waals surface area contributed by atoms with Crippen LogP contribution in [0.4, 0.5) is 5.82 Å². The van der Waals surface area contributed by atoms with E-state index in [0.29, 0.717) is 22.8 Å². The van der Waals surface area contributed by atoms with E-state index >= 15 is 0 Å². The molecule has 3 rings (SSSR count). The van der Waals surface area contributed by atoms with Crippen LogP contribution in [0.5, 0.6) is 0 Å². The molecule has 0 atom stereocenters. The lowest BCUT2D eigenvalue weighted by Crippen LogP contribution is -2.15. The predicted octanol–water partition coefficient (Wildman–Crippen LogP) is 5.09. The maximum absolute atomic E-state index is 12.8. The van der Waals surface area contributed by atoms with E-state index in [0.717, 1.165) is 16.9 Å². The number of benzene rings is 2. The first-order chi connectivity index (χ1) is 14.1. The van der Waals surface area contributed by atoms with Gasteiger partial charge in [0.05, 0.1) is 11.4 Å². The fraction of sp³-hybridized carbons (Fsp3) is 0.261. The minimum absolute atomic E-state index is 0.0515. The quantitative estimate of drug-likeness (QED) is 0.575. The third-order valence-electron chi connectivity index (χ3n) is 4.61. The number of aliphatic carboxylic acids is 1. The van der Waals surface area contributed by atoms with Crippen molar-refractivity contribution in [2.75, 3.05) is 5.32 Å². The van der Waals surface area contributed by atoms with Gasteiger partial charge in [-0.1, -0.05) is 44.5 Å². The van der Waals surface area contributed by atoms with Gasteiger partial charge in [-0.3, -0.25) is 9.59 Å². The summed E-state index contributed by atoms with van der Waals surface area (Å²) in [5.74, 6) is -0.573. The van der Waals surface area contributed by atoms with Crippen LogP contribution in [0, 0.1) is 0 Å². The zero-order chi connectivity index (χ0) is 21.9. The van der Waals surface area contributed by atoms with Crippen molar-refractivity contribution in [2.45, 2.75) is 39.0 Å². The van der Waals surface area contributed by atoms with Crippen molar-refractivity contribution in [3.8, 4) is 5.69 Å². The van der Waals surface area contributed by atoms with Crippen molar-refractivity contribution in [1.82, 2.24) is 9.78 Å². The molecule has 0 spiro atoms. The second-order valence-electron chi connectivity index (χ2n) is 8.10. The number of carboxylic acid groups (broad SMARTS) is 1. The highest BCUT2D eigenvalue weighted by molar-refractivity contribution is 6.30. The second-order valence-corrected chi connectivity index (χ2v) is 8.54. The van der Waals surface area contributed by atoms with Crippen molar-refractivity contribution in [3.05, 3.63) is 76.4 Å². The lowest BCUT2D eigenvalue weighted by atomic mass is 9.92. The highest BCUT2D eigenvalue weighted by Crippen LogP contribution is 2.27. The van der Waals surface area contributed by atoms with Crippen LogP contribution < -0.4 is 5.32 Å². The summed E-state index contributed by atoms with van der Waals surface area (Å²) < 4.78 is 1.68. The molecule has 1 heterocycles. The van der Waals surface area contributed by atoms with Crippen LogP contribution in [0.25, 0.3) is 5.69 Å². The average molecular weight is 426 g/mol. The Balaban J connectivity index is 1.96. The van der Waals surface area contributed by atoms with Crippen LogP contribution in [0.1, 0.15) is 48.8 Å². The van der Waals surface area contributed by atoms with Gasteiger partial charge >= 0.3 is 5.97 Å². The number of carbonyl (C=O) groups excluding carboxylic acids is 1. The van der Waals surface area contributed by atoms with Gasteiger partial charge in [-0.25, -0.2) is 4.68 Å². The number of anilines is 1. The van der Waals surface area contributed by atoms with E-state index in [4.69, 9.17) is 21.8 Å². The second kappa shape index (κ2) is 8.71. The van der Waals surface area contributed by atoms with Crippen LogP contribution in [0.2, 0.25) is 5.02 Å². The number of nitrogens with zero attached hydrogens (tertiary/aromatic N) is 2. The van der Waals surface area contributed by atoms with Crippen LogP contribution in [-0.4, -0.2) is 26.8 Å². The predicted molar refractivity (Wildman–Crippen MR) is 118 cm³/mol. The number of halogens is 1. The summed E-state index contributed by atoms with van der Waals surface area (Å²) in [6, 6.07) is 16.0. The Morgan fingerprint density at radius 3 is 2.43 bits per heavy atom. The van der Waals surface area contributed by atoms with Gasteiger partial charge in [0, 0.05) is 28.5 Å². The molecule has 0 bridgehead atoms. The van der Waals surface area contributed by atoms with E-state index in [1.54, 1.807) is 28.9 Å². The molecule has 0 saturated heterocycles. The summed E-state index contributed by atoms with van der Waals surface area (Å²) in [6.45, 7) is 6.15. The molecule has 0 aliphatic heterocycles. The average Bonchev–Trinajstić information content (AvgIpc) is 3.11. The first-order valence-electron chi connectivity index (χ1n) is 9.62. The number of nitrogens with one attached hydrogen (secondary N) is 1. The third-order valence-corrected chi connectivity index (χ3v) is 4.86. The van der Waals surface area contributed by atoms with Gasteiger partial charge in [-0.15, -0.1) is 0 Å². The lowest BCUT2D eigenvalue weighted by molar-refractivity contribution is -0.136. The largest absolute Gasteiger partial charge is 0.481 e. The molecule has 2 aromatic carbocycles. The van der Waals surface area contributed by atoms with Crippen LogP contribution >= 0.6 is 11.6 Å². The minimum atomic E-state index is -0.842. The molecule has 0 aliphatic rings. The smallest absolute Gasteiger partial charge is 0.303 e. The van der Waals surface area contributed by atoms with Gasteiger partial charge < -0.3 is 10.4 Å². The third kappa shape index (κ3) is 5.27. The Hall–Kier alpha value is -3.12. The van der Waals surface area contributed by atoms with Crippen molar-refractivity contribution in [3.63, 3.8) is 0 Å². The number of carboxylic acids is 1. The van der Waals surface area contributed by atoms with Gasteiger partial charge in [0.2, 0.25) is 0 Å². The molecule has 156 valence electrons. The molecule has 0 saturated carbocycles. The molecule has 7 heteroatoms. The number of aryl methyl sites for hydroxylation is 1. The molecular formula is C23H24ClN3O3. The van der Waals surface area contributed by atoms with Gasteiger partial charge in [-0.2, -0.15) is 5.10 Å². The van der Waals surface area contributed by atoms with E-state index in [1.165, 1.54) is 0 Å². The first-order valence-corrected chi connectivity index (χ1v) is 10.00. The van der Waals surface area contributed by atoms with Crippen LogP contribution in [-0.2, 0) is 16.6 Å². The molecule has 0 fully saturated rings. The number of aromatic nitrogens is 2. The summed E-state index contributed by atoms with van der Waals surface area (Å²) in [7, 11) is 0. The minimum Gasteiger partial charge on any atom is -0.481 e. The topological polar surface area (TPSA) is 84.2 Å². The van der Waals surface area contributed by atoms with E-state index in [9.17, 15) is 9.59 Å². The summed E-state index contributed by atoms with van der Waals surface area (Å²) in [5.41, 5.74) is 2.73. The van der Waals surface area contributed by atoms with E-state index in [1.807, 2.05) is 51.1 Å². The Bertz CT molecular complexity index is 1070. The standard InChI is InChI=1S/C23H24ClN3O3/c1-23(2,3)19-14-20(25-22(30)16-8-10-17(24)11-9-16)27(26-19)18-6-4-5-15(13-18)7-12-21(28)29/h4-6,8-11,13-14H,7,12H2,1-3H3,(H,25,30)(H,28,29). The summed E-state index contributed by atoms with van der Waals surface area (Å²) in [4.78, 5) is 23.7. The summed E-state index contributed by atoms with van der Waals surface area (Å²) in [5, 5.41) is 17.2. The molecule has 0 aliphatic carbocycles. The molecule has 3 aromatic rings. The van der Waals surface area contributed by atoms with Gasteiger partial charge in [0.25, 0.3) is 5.91 Å². The first kappa shape index (κ1) is 21.6. The molecule has 30 heavy (non-hydrogen) atoms. The van der Waals surface area contributed by atoms with Crippen molar-refractivity contribution >= 4 is 29.3 Å². The molecule has 6 nitrogen and oxygen atoms in total. The van der Waals surface area contributed by atoms with Crippen molar-refractivity contribution in [1.29, 1.82) is 0 Å². The number of amides is 1. The molecule has 0 unspecified atom stereocenters. The maximum Gasteiger partial charge on any atom is 0.303 e. The number of rotatable bonds is 6. The maximum atomic E-state index is 12.8. The Labute approximate surface area is 180 Å². The Kier molecular flexibility index (Phi) is 6.27. The zero-order valence-corrected chi connectivity index (χ0v) is 17.9. The van der Waals surface area contributed by atoms with E-state index in [-0.39, 0.29) is 17.7 Å². The van der Waals surface area contributed by atoms with Crippen LogP contribution in [0.3, 0.4) is 0 Å². The number of carbonyl (C=O) groups is 2. The number of hydrogen-bond acceptors (Lipinski definition) is 3. The van der Waals surface area contributed by atoms with Crippen molar-refractivity contribution in [2.24, 2.45) is 0 Å². The Morgan fingerprint density at radius 2 is 1.80 bits per heavy atom. The van der Waals surface area contributed by atoms with E-state index in [2.05, 4.69) is 5.32 Å². The molecule has 1 aromatic heterocycles. The lowest BCUT2D eigenvalue weighted by Gasteiger charge is -2.14. The SMILES string of the molecule is CC(C)(C)c1cc(NC(=O)c2ccc(Cl)cc2)n(-c2cccc(CCC(=O)O)c2)n1. The van der Waals surface area contributed by atoms with Gasteiger partial charge in [-0.05, 0) is 48.4 Å². The Morgan fingerprint density at radius 1 is 1.10 bits per heavy atom. The molecule has 0 radical (unpaired) electrons. The number of hydrogen-bond donors (Lipinski definition) is 2. The molecule has 2 N–H and O–H groups in total. The van der Waals surface area contributed by atoms with Gasteiger partial charge in [0.1, 0.15) is 5.82 Å². The van der Waals surface area contributed by atoms with E-state index < -0.39 is 5.97 Å². The normalized spacial score (nSPS) is 11.3. The van der Waals surface area contributed by atoms with Crippen molar-refractivity contribution < 1.29 is 14.7 Å². The highest BCUT2D eigenvalue weighted by Gasteiger charge is 2.22. The van der Waals surface area contributed by atoms with Crippen LogP contribution in [0.15, 0.2) is 54.6 Å². The molecular weight excluding hydrogens is 402 g/mol. The molecule has 1 amide bonds. The summed E-state index contributed by atoms with van der Waals surface area (Å²) >= 11 is 5.91. The monoisotopic (exact) mass is 425 g/mol. The summed E-state index contributed by atoms with van der Waals surface area (Å²) in [6.07, 6.45) is 0.471. The fourth-order valence-corrected chi connectivity index (χ4v) is 3.04.